The average Bonchev–Trinajstić information content (AvgIpc) is 3.41. The molecule has 0 spiro atoms. The number of aromatic nitrogens is 4. The summed E-state index contributed by atoms with van der Waals surface area (Å²) in [7, 11) is 0. The molecule has 4 rings (SSSR count). The summed E-state index contributed by atoms with van der Waals surface area (Å²) in [4.78, 5) is 12.8. The first-order valence-electron chi connectivity index (χ1n) is 10.6. The van der Waals surface area contributed by atoms with Crippen molar-refractivity contribution in [3.63, 3.8) is 0 Å². The summed E-state index contributed by atoms with van der Waals surface area (Å²) in [6.07, 6.45) is 0.912. The van der Waals surface area contributed by atoms with Crippen molar-refractivity contribution in [2.45, 2.75) is 58.0 Å². The van der Waals surface area contributed by atoms with Gasteiger partial charge in [0.05, 0.1) is 28.2 Å². The SMILES string of the molecule is CCc1ccc(OCn2cc(NC(=O)C(C)n3nc(C(F)(F)F)c(Br)c3C3CC3)cn2)cc1. The van der Waals surface area contributed by atoms with Crippen LogP contribution < -0.4 is 10.1 Å². The highest BCUT2D eigenvalue weighted by Gasteiger charge is 2.43. The van der Waals surface area contributed by atoms with Gasteiger partial charge in [-0.2, -0.15) is 23.4 Å². The van der Waals surface area contributed by atoms with Crippen LogP contribution in [0.1, 0.15) is 55.6 Å². The van der Waals surface area contributed by atoms with E-state index in [4.69, 9.17) is 4.74 Å². The number of aryl methyl sites for hydroxylation is 1. The van der Waals surface area contributed by atoms with Crippen molar-refractivity contribution in [1.29, 1.82) is 0 Å². The average molecular weight is 526 g/mol. The van der Waals surface area contributed by atoms with E-state index in [1.165, 1.54) is 28.0 Å². The maximum atomic E-state index is 13.3. The number of hydrogen-bond donors (Lipinski definition) is 1. The molecule has 176 valence electrons. The quantitative estimate of drug-likeness (QED) is 0.419. The molecule has 2 aromatic heterocycles. The number of nitrogens with zero attached hydrogens (tertiary/aromatic N) is 4. The van der Waals surface area contributed by atoms with Crippen LogP contribution >= 0.6 is 15.9 Å². The Hall–Kier alpha value is -2.82. The van der Waals surface area contributed by atoms with E-state index in [-0.39, 0.29) is 17.1 Å². The molecule has 0 saturated heterocycles. The number of carbonyl (C=O) groups excluding carboxylic acids is 1. The first-order valence-corrected chi connectivity index (χ1v) is 11.4. The summed E-state index contributed by atoms with van der Waals surface area (Å²) in [5, 5.41) is 10.6. The van der Waals surface area contributed by atoms with E-state index in [2.05, 4.69) is 38.4 Å². The van der Waals surface area contributed by atoms with Crippen molar-refractivity contribution in [2.24, 2.45) is 0 Å². The van der Waals surface area contributed by atoms with Crippen molar-refractivity contribution in [3.05, 3.63) is 58.1 Å². The number of ether oxygens (including phenoxy) is 1. The van der Waals surface area contributed by atoms with Crippen LogP contribution in [-0.4, -0.2) is 25.5 Å². The maximum Gasteiger partial charge on any atom is 0.436 e. The topological polar surface area (TPSA) is 74.0 Å². The van der Waals surface area contributed by atoms with Gasteiger partial charge in [0.2, 0.25) is 5.91 Å². The van der Waals surface area contributed by atoms with Crippen LogP contribution in [0.5, 0.6) is 5.75 Å². The van der Waals surface area contributed by atoms with Gasteiger partial charge in [0.1, 0.15) is 11.8 Å². The molecule has 1 aliphatic carbocycles. The third-order valence-corrected chi connectivity index (χ3v) is 6.24. The van der Waals surface area contributed by atoms with Gasteiger partial charge in [0.25, 0.3) is 0 Å². The number of nitrogens with one attached hydrogen (secondary N) is 1. The normalized spacial score (nSPS) is 14.8. The number of rotatable bonds is 8. The van der Waals surface area contributed by atoms with Crippen molar-refractivity contribution in [2.75, 3.05) is 5.32 Å². The summed E-state index contributed by atoms with van der Waals surface area (Å²) >= 11 is 3.05. The number of benzene rings is 1. The molecule has 1 unspecified atom stereocenters. The van der Waals surface area contributed by atoms with Gasteiger partial charge in [-0.3, -0.25) is 9.48 Å². The van der Waals surface area contributed by atoms with Crippen molar-refractivity contribution < 1.29 is 22.7 Å². The smallest absolute Gasteiger partial charge is 0.436 e. The molecule has 1 fully saturated rings. The highest BCUT2D eigenvalue weighted by atomic mass is 79.9. The Morgan fingerprint density at radius 2 is 2.00 bits per heavy atom. The second kappa shape index (κ2) is 9.20. The summed E-state index contributed by atoms with van der Waals surface area (Å²) < 4.78 is 48.3. The Labute approximate surface area is 197 Å². The Kier molecular flexibility index (Phi) is 6.51. The minimum Gasteiger partial charge on any atom is -0.471 e. The first kappa shape index (κ1) is 23.3. The van der Waals surface area contributed by atoms with Crippen molar-refractivity contribution >= 4 is 27.5 Å². The standard InChI is InChI=1S/C22H23BrF3N5O2/c1-3-14-4-8-17(9-5-14)33-12-30-11-16(10-27-30)28-21(32)13(2)31-19(15-6-7-15)18(23)20(29-31)22(24,25)26/h4-5,8-11,13,15H,3,6-7,12H2,1-2H3,(H,28,32). The molecule has 2 heterocycles. The Bertz CT molecular complexity index is 1140. The van der Waals surface area contributed by atoms with Crippen LogP contribution in [0.2, 0.25) is 0 Å². The lowest BCUT2D eigenvalue weighted by Gasteiger charge is -2.15. The molecule has 33 heavy (non-hydrogen) atoms. The molecule has 7 nitrogen and oxygen atoms in total. The number of anilines is 1. The Morgan fingerprint density at radius 3 is 2.61 bits per heavy atom. The van der Waals surface area contributed by atoms with Gasteiger partial charge >= 0.3 is 6.18 Å². The fraction of sp³-hybridized carbons (Fsp3) is 0.409. The highest BCUT2D eigenvalue weighted by molar-refractivity contribution is 9.10. The molecule has 1 aliphatic rings. The highest BCUT2D eigenvalue weighted by Crippen LogP contribution is 2.47. The van der Waals surface area contributed by atoms with Gasteiger partial charge in [-0.05, 0) is 59.8 Å². The van der Waals surface area contributed by atoms with Crippen molar-refractivity contribution in [1.82, 2.24) is 19.6 Å². The first-order chi connectivity index (χ1) is 15.7. The largest absolute Gasteiger partial charge is 0.471 e. The molecule has 0 aliphatic heterocycles. The molecular formula is C22H23BrF3N5O2. The molecule has 1 saturated carbocycles. The Balaban J connectivity index is 1.42. The van der Waals surface area contributed by atoms with E-state index in [0.29, 0.717) is 17.1 Å². The molecule has 1 amide bonds. The number of alkyl halides is 3. The molecule has 11 heteroatoms. The maximum absolute atomic E-state index is 13.3. The number of amides is 1. The number of carbonyl (C=O) groups is 1. The van der Waals surface area contributed by atoms with Crippen LogP contribution in [0.3, 0.4) is 0 Å². The number of hydrogen-bond acceptors (Lipinski definition) is 4. The zero-order valence-corrected chi connectivity index (χ0v) is 19.7. The summed E-state index contributed by atoms with van der Waals surface area (Å²) in [5.41, 5.74) is 1.01. The molecule has 1 atom stereocenters. The van der Waals surface area contributed by atoms with Crippen molar-refractivity contribution in [3.8, 4) is 5.75 Å². The zero-order valence-electron chi connectivity index (χ0n) is 18.1. The zero-order chi connectivity index (χ0) is 23.8. The fourth-order valence-electron chi connectivity index (χ4n) is 3.45. The van der Waals surface area contributed by atoms with Crippen LogP contribution in [-0.2, 0) is 24.1 Å². The summed E-state index contributed by atoms with van der Waals surface area (Å²) in [6, 6.07) is 6.78. The van der Waals surface area contributed by atoms with E-state index in [1.807, 2.05) is 24.3 Å². The van der Waals surface area contributed by atoms with E-state index < -0.39 is 23.8 Å². The molecule has 0 radical (unpaired) electrons. The van der Waals surface area contributed by atoms with E-state index in [0.717, 1.165) is 19.3 Å². The fourth-order valence-corrected chi connectivity index (χ4v) is 4.25. The molecule has 0 bridgehead atoms. The van der Waals surface area contributed by atoms with E-state index in [9.17, 15) is 18.0 Å². The second-order valence-electron chi connectivity index (χ2n) is 7.97. The molecule has 1 aromatic carbocycles. The van der Waals surface area contributed by atoms with Gasteiger partial charge in [-0.15, -0.1) is 0 Å². The van der Waals surface area contributed by atoms with Crippen LogP contribution in [0.25, 0.3) is 0 Å². The molecule has 3 aromatic rings. The lowest BCUT2D eigenvalue weighted by molar-refractivity contribution is -0.142. The van der Waals surface area contributed by atoms with Crippen LogP contribution in [0, 0.1) is 0 Å². The molecular weight excluding hydrogens is 503 g/mol. The predicted molar refractivity (Wildman–Crippen MR) is 119 cm³/mol. The Morgan fingerprint density at radius 1 is 1.30 bits per heavy atom. The van der Waals surface area contributed by atoms with Crippen LogP contribution in [0.15, 0.2) is 41.1 Å². The molecule has 1 N–H and O–H groups in total. The third-order valence-electron chi connectivity index (χ3n) is 5.46. The predicted octanol–water partition coefficient (Wildman–Crippen LogP) is 5.54. The van der Waals surface area contributed by atoms with E-state index in [1.54, 1.807) is 6.20 Å². The van der Waals surface area contributed by atoms with Gasteiger partial charge < -0.3 is 10.1 Å². The van der Waals surface area contributed by atoms with E-state index >= 15 is 0 Å². The van der Waals surface area contributed by atoms with Gasteiger partial charge in [-0.25, -0.2) is 4.68 Å². The minimum atomic E-state index is -4.61. The lowest BCUT2D eigenvalue weighted by atomic mass is 10.2. The number of halogens is 4. The van der Waals surface area contributed by atoms with Gasteiger partial charge in [0.15, 0.2) is 12.4 Å². The third kappa shape index (κ3) is 5.23. The lowest BCUT2D eigenvalue weighted by Crippen LogP contribution is -2.26. The monoisotopic (exact) mass is 525 g/mol. The second-order valence-corrected chi connectivity index (χ2v) is 8.76. The minimum absolute atomic E-state index is 0.0375. The van der Waals surface area contributed by atoms with Gasteiger partial charge in [-0.1, -0.05) is 19.1 Å². The summed E-state index contributed by atoms with van der Waals surface area (Å²) in [5.74, 6) is 0.167. The van der Waals surface area contributed by atoms with Gasteiger partial charge in [0, 0.05) is 5.92 Å². The summed E-state index contributed by atoms with van der Waals surface area (Å²) in [6.45, 7) is 3.74. The van der Waals surface area contributed by atoms with Crippen LogP contribution in [0.4, 0.5) is 18.9 Å².